The molecule has 1 aromatic rings. The van der Waals surface area contributed by atoms with Crippen LogP contribution in [0.1, 0.15) is 46.5 Å². The molecule has 1 amide bonds. The Morgan fingerprint density at radius 3 is 2.80 bits per heavy atom. The van der Waals surface area contributed by atoms with Crippen LogP contribution in [0.25, 0.3) is 0 Å². The van der Waals surface area contributed by atoms with Gasteiger partial charge in [0.1, 0.15) is 5.69 Å². The number of aliphatic hydroxyl groups excluding tert-OH is 1. The molecular weight excluding hydrogens is 260 g/mol. The Morgan fingerprint density at radius 1 is 1.40 bits per heavy atom. The second-order valence-electron chi connectivity index (χ2n) is 4.90. The Balaban J connectivity index is 2.07. The lowest BCUT2D eigenvalue weighted by molar-refractivity contribution is 0.0688. The first-order chi connectivity index (χ1) is 9.63. The van der Waals surface area contributed by atoms with Gasteiger partial charge in [-0.05, 0) is 37.8 Å². The smallest absolute Gasteiger partial charge is 0.337 e. The largest absolute Gasteiger partial charge is 0.478 e. The van der Waals surface area contributed by atoms with Crippen LogP contribution < -0.4 is 0 Å². The molecule has 0 spiro atoms. The van der Waals surface area contributed by atoms with Gasteiger partial charge >= 0.3 is 5.97 Å². The minimum absolute atomic E-state index is 0.0693. The van der Waals surface area contributed by atoms with E-state index in [1.165, 1.54) is 18.3 Å². The number of carbonyl (C=O) groups excluding carboxylic acids is 1. The maximum atomic E-state index is 12.4. The lowest BCUT2D eigenvalue weighted by Crippen LogP contribution is -2.36. The molecule has 6 heteroatoms. The van der Waals surface area contributed by atoms with Crippen molar-refractivity contribution in [2.75, 3.05) is 13.2 Å². The van der Waals surface area contributed by atoms with Crippen molar-refractivity contribution in [2.45, 2.75) is 31.7 Å². The summed E-state index contributed by atoms with van der Waals surface area (Å²) >= 11 is 0. The zero-order valence-electron chi connectivity index (χ0n) is 11.2. The molecular formula is C14H18N2O4. The van der Waals surface area contributed by atoms with Crippen LogP contribution in [-0.2, 0) is 0 Å². The number of carboxylic acids is 1. The fourth-order valence-corrected chi connectivity index (χ4v) is 2.52. The summed E-state index contributed by atoms with van der Waals surface area (Å²) in [5.74, 6) is -1.22. The summed E-state index contributed by atoms with van der Waals surface area (Å²) in [6, 6.07) is 2.99. The number of hydrogen-bond acceptors (Lipinski definition) is 4. The summed E-state index contributed by atoms with van der Waals surface area (Å²) in [5.41, 5.74) is 0.339. The molecule has 0 aromatic carbocycles. The maximum Gasteiger partial charge on any atom is 0.337 e. The van der Waals surface area contributed by atoms with E-state index in [0.29, 0.717) is 13.0 Å². The van der Waals surface area contributed by atoms with Crippen LogP contribution in [0.3, 0.4) is 0 Å². The first kappa shape index (κ1) is 14.5. The summed E-state index contributed by atoms with van der Waals surface area (Å²) in [6.45, 7) is 0.821. The van der Waals surface area contributed by atoms with Crippen LogP contribution in [0.4, 0.5) is 0 Å². The Kier molecular flexibility index (Phi) is 4.68. The van der Waals surface area contributed by atoms with Crippen LogP contribution in [0.2, 0.25) is 0 Å². The fraction of sp³-hybridized carbons (Fsp3) is 0.500. The molecule has 1 saturated heterocycles. The molecule has 1 fully saturated rings. The van der Waals surface area contributed by atoms with Gasteiger partial charge in [0.2, 0.25) is 0 Å². The zero-order valence-corrected chi connectivity index (χ0v) is 11.2. The van der Waals surface area contributed by atoms with Crippen molar-refractivity contribution in [3.05, 3.63) is 29.6 Å². The summed E-state index contributed by atoms with van der Waals surface area (Å²) < 4.78 is 0. The minimum atomic E-state index is -1.06. The number of aliphatic hydroxyl groups is 1. The Hall–Kier alpha value is -1.95. The molecule has 1 unspecified atom stereocenters. The van der Waals surface area contributed by atoms with E-state index in [-0.39, 0.29) is 29.8 Å². The lowest BCUT2D eigenvalue weighted by Gasteiger charge is -2.24. The van der Waals surface area contributed by atoms with Crippen LogP contribution in [0, 0.1) is 0 Å². The number of likely N-dealkylation sites (tertiary alicyclic amines) is 1. The predicted molar refractivity (Wildman–Crippen MR) is 71.6 cm³/mol. The summed E-state index contributed by atoms with van der Waals surface area (Å²) in [4.78, 5) is 28.8. The number of amides is 1. The SMILES string of the molecule is O=C(O)c1ccc(C(=O)N2CCCC2CCCO)nc1. The molecule has 1 aromatic heterocycles. The number of carboxylic acid groups (broad SMARTS) is 1. The topological polar surface area (TPSA) is 90.7 Å². The lowest BCUT2D eigenvalue weighted by atomic mass is 10.1. The van der Waals surface area contributed by atoms with E-state index in [0.717, 1.165) is 19.3 Å². The van der Waals surface area contributed by atoms with Crippen LogP contribution >= 0.6 is 0 Å². The highest BCUT2D eigenvalue weighted by Crippen LogP contribution is 2.23. The second kappa shape index (κ2) is 6.47. The summed E-state index contributed by atoms with van der Waals surface area (Å²) in [5, 5.41) is 17.7. The van der Waals surface area contributed by atoms with Gasteiger partial charge in [-0.1, -0.05) is 0 Å². The van der Waals surface area contributed by atoms with Gasteiger partial charge in [-0.25, -0.2) is 4.79 Å². The van der Waals surface area contributed by atoms with Gasteiger partial charge in [0.15, 0.2) is 0 Å². The van der Waals surface area contributed by atoms with E-state index in [1.807, 2.05) is 0 Å². The van der Waals surface area contributed by atoms with E-state index in [1.54, 1.807) is 4.90 Å². The molecule has 1 atom stereocenters. The van der Waals surface area contributed by atoms with E-state index >= 15 is 0 Å². The molecule has 2 N–H and O–H groups in total. The highest BCUT2D eigenvalue weighted by molar-refractivity contribution is 5.94. The Bertz CT molecular complexity index is 486. The fourth-order valence-electron chi connectivity index (χ4n) is 2.52. The second-order valence-corrected chi connectivity index (χ2v) is 4.90. The minimum Gasteiger partial charge on any atom is -0.478 e. The molecule has 1 aliphatic rings. The third-order valence-electron chi connectivity index (χ3n) is 3.56. The molecule has 108 valence electrons. The zero-order chi connectivity index (χ0) is 14.5. The van der Waals surface area contributed by atoms with Crippen molar-refractivity contribution in [3.63, 3.8) is 0 Å². The molecule has 1 aliphatic heterocycles. The van der Waals surface area contributed by atoms with Crippen molar-refractivity contribution in [1.82, 2.24) is 9.88 Å². The highest BCUT2D eigenvalue weighted by atomic mass is 16.4. The third-order valence-corrected chi connectivity index (χ3v) is 3.56. The first-order valence-corrected chi connectivity index (χ1v) is 6.74. The van der Waals surface area contributed by atoms with Crippen LogP contribution in [-0.4, -0.2) is 51.2 Å². The third kappa shape index (κ3) is 3.14. The molecule has 2 heterocycles. The van der Waals surface area contributed by atoms with Gasteiger partial charge in [-0.15, -0.1) is 0 Å². The summed E-state index contributed by atoms with van der Waals surface area (Å²) in [7, 11) is 0. The standard InChI is InChI=1S/C14H18N2O4/c17-8-2-4-11-3-1-7-16(11)13(18)12-6-5-10(9-15-12)14(19)20/h5-6,9,11,17H,1-4,7-8H2,(H,19,20). The van der Waals surface area contributed by atoms with Crippen molar-refractivity contribution in [1.29, 1.82) is 0 Å². The van der Waals surface area contributed by atoms with E-state index in [2.05, 4.69) is 4.98 Å². The van der Waals surface area contributed by atoms with Gasteiger partial charge in [0, 0.05) is 25.4 Å². The van der Waals surface area contributed by atoms with E-state index in [9.17, 15) is 9.59 Å². The van der Waals surface area contributed by atoms with Gasteiger partial charge in [0.25, 0.3) is 5.91 Å². The maximum absolute atomic E-state index is 12.4. The number of rotatable bonds is 5. The Morgan fingerprint density at radius 2 is 2.20 bits per heavy atom. The molecule has 0 aliphatic carbocycles. The summed E-state index contributed by atoms with van der Waals surface area (Å²) in [6.07, 6.45) is 4.57. The molecule has 2 rings (SSSR count). The number of nitrogens with zero attached hydrogens (tertiary/aromatic N) is 2. The average molecular weight is 278 g/mol. The van der Waals surface area contributed by atoms with Gasteiger partial charge in [-0.2, -0.15) is 0 Å². The normalized spacial score (nSPS) is 18.2. The quantitative estimate of drug-likeness (QED) is 0.843. The van der Waals surface area contributed by atoms with Gasteiger partial charge < -0.3 is 15.1 Å². The monoisotopic (exact) mass is 278 g/mol. The molecule has 0 saturated carbocycles. The predicted octanol–water partition coefficient (Wildman–Crippen LogP) is 1.16. The van der Waals surface area contributed by atoms with Crippen molar-refractivity contribution in [3.8, 4) is 0 Å². The Labute approximate surface area is 117 Å². The van der Waals surface area contributed by atoms with E-state index in [4.69, 9.17) is 10.2 Å². The number of carbonyl (C=O) groups is 2. The molecule has 6 nitrogen and oxygen atoms in total. The molecule has 0 radical (unpaired) electrons. The highest BCUT2D eigenvalue weighted by Gasteiger charge is 2.29. The number of aromatic nitrogens is 1. The number of aromatic carboxylic acids is 1. The van der Waals surface area contributed by atoms with Gasteiger partial charge in [-0.3, -0.25) is 9.78 Å². The molecule has 20 heavy (non-hydrogen) atoms. The average Bonchev–Trinajstić information content (AvgIpc) is 2.92. The number of hydrogen-bond donors (Lipinski definition) is 2. The number of pyridine rings is 1. The van der Waals surface area contributed by atoms with Crippen LogP contribution in [0.5, 0.6) is 0 Å². The van der Waals surface area contributed by atoms with Crippen LogP contribution in [0.15, 0.2) is 18.3 Å². The van der Waals surface area contributed by atoms with E-state index < -0.39 is 5.97 Å². The van der Waals surface area contributed by atoms with Gasteiger partial charge in [0.05, 0.1) is 5.56 Å². The first-order valence-electron chi connectivity index (χ1n) is 6.74. The van der Waals surface area contributed by atoms with Crippen molar-refractivity contribution in [2.24, 2.45) is 0 Å². The van der Waals surface area contributed by atoms with Crippen molar-refractivity contribution >= 4 is 11.9 Å². The van der Waals surface area contributed by atoms with Crippen molar-refractivity contribution < 1.29 is 19.8 Å². The molecule has 0 bridgehead atoms.